The Hall–Kier alpha value is -2.19. The van der Waals surface area contributed by atoms with E-state index in [1.165, 1.54) is 24.3 Å². The molecule has 0 unspecified atom stereocenters. The van der Waals surface area contributed by atoms with Crippen molar-refractivity contribution in [3.63, 3.8) is 0 Å². The Kier molecular flexibility index (Phi) is 6.05. The van der Waals surface area contributed by atoms with E-state index in [1.54, 1.807) is 9.80 Å². The minimum atomic E-state index is -0.410. The standard InChI is InChI=1S/C18H24FN3O4/c19-13-1-3-14(4-2-13)25-12-17(23)21-7-9-22(10-8-21)18(24)16-6-5-15(11-20)26-16/h1-4,15-16H,5-12,20H2/t15-,16+/m1/s1. The number of halogens is 1. The van der Waals surface area contributed by atoms with Gasteiger partial charge in [-0.1, -0.05) is 0 Å². The van der Waals surface area contributed by atoms with Crippen LogP contribution in [0.15, 0.2) is 24.3 Å². The van der Waals surface area contributed by atoms with Crippen LogP contribution in [0.2, 0.25) is 0 Å². The molecule has 2 aliphatic rings. The molecule has 142 valence electrons. The molecule has 2 heterocycles. The number of hydrogen-bond acceptors (Lipinski definition) is 5. The second-order valence-corrected chi connectivity index (χ2v) is 6.51. The Morgan fingerprint density at radius 3 is 2.38 bits per heavy atom. The van der Waals surface area contributed by atoms with Crippen LogP contribution in [0, 0.1) is 5.82 Å². The maximum absolute atomic E-state index is 12.9. The molecule has 0 radical (unpaired) electrons. The van der Waals surface area contributed by atoms with E-state index in [2.05, 4.69) is 0 Å². The van der Waals surface area contributed by atoms with E-state index < -0.39 is 6.10 Å². The van der Waals surface area contributed by atoms with E-state index in [0.29, 0.717) is 44.9 Å². The van der Waals surface area contributed by atoms with Gasteiger partial charge in [-0.3, -0.25) is 9.59 Å². The molecule has 2 aliphatic heterocycles. The maximum Gasteiger partial charge on any atom is 0.260 e. The number of rotatable bonds is 5. The number of amides is 2. The van der Waals surface area contributed by atoms with E-state index in [1.807, 2.05) is 0 Å². The largest absolute Gasteiger partial charge is 0.484 e. The summed E-state index contributed by atoms with van der Waals surface area (Å²) in [4.78, 5) is 28.1. The number of ether oxygens (including phenoxy) is 2. The molecule has 2 amide bonds. The predicted molar refractivity (Wildman–Crippen MR) is 92.0 cm³/mol. The molecule has 0 aliphatic carbocycles. The minimum absolute atomic E-state index is 0.0180. The molecule has 8 heteroatoms. The number of benzene rings is 1. The minimum Gasteiger partial charge on any atom is -0.484 e. The zero-order valence-corrected chi connectivity index (χ0v) is 14.6. The molecule has 0 bridgehead atoms. The van der Waals surface area contributed by atoms with E-state index in [4.69, 9.17) is 15.2 Å². The van der Waals surface area contributed by atoms with Crippen LogP contribution in [0.4, 0.5) is 4.39 Å². The van der Waals surface area contributed by atoms with Gasteiger partial charge in [0.05, 0.1) is 6.10 Å². The van der Waals surface area contributed by atoms with Gasteiger partial charge in [-0.15, -0.1) is 0 Å². The lowest BCUT2D eigenvalue weighted by Gasteiger charge is -2.35. The SMILES string of the molecule is NC[C@H]1CC[C@@H](C(=O)N2CCN(C(=O)COc3ccc(F)cc3)CC2)O1. The van der Waals surface area contributed by atoms with Gasteiger partial charge in [-0.25, -0.2) is 4.39 Å². The lowest BCUT2D eigenvalue weighted by molar-refractivity contribution is -0.147. The Labute approximate surface area is 151 Å². The first-order valence-corrected chi connectivity index (χ1v) is 8.87. The van der Waals surface area contributed by atoms with Crippen molar-refractivity contribution in [3.8, 4) is 5.75 Å². The van der Waals surface area contributed by atoms with Crippen LogP contribution in [0.3, 0.4) is 0 Å². The van der Waals surface area contributed by atoms with E-state index >= 15 is 0 Å². The zero-order chi connectivity index (χ0) is 18.5. The van der Waals surface area contributed by atoms with E-state index in [9.17, 15) is 14.0 Å². The number of nitrogens with two attached hydrogens (primary N) is 1. The fourth-order valence-corrected chi connectivity index (χ4v) is 3.21. The molecule has 0 spiro atoms. The van der Waals surface area contributed by atoms with Crippen LogP contribution in [-0.2, 0) is 14.3 Å². The smallest absolute Gasteiger partial charge is 0.260 e. The van der Waals surface area contributed by atoms with Crippen LogP contribution >= 0.6 is 0 Å². The summed E-state index contributed by atoms with van der Waals surface area (Å²) in [5.74, 6) is -0.0766. The first kappa shape index (κ1) is 18.6. The van der Waals surface area contributed by atoms with Gasteiger partial charge in [0.2, 0.25) is 0 Å². The van der Waals surface area contributed by atoms with Crippen molar-refractivity contribution in [1.29, 1.82) is 0 Å². The van der Waals surface area contributed by atoms with Gasteiger partial charge in [0.25, 0.3) is 11.8 Å². The van der Waals surface area contributed by atoms with Crippen LogP contribution < -0.4 is 10.5 Å². The monoisotopic (exact) mass is 365 g/mol. The van der Waals surface area contributed by atoms with Gasteiger partial charge in [-0.05, 0) is 37.1 Å². The van der Waals surface area contributed by atoms with Crippen molar-refractivity contribution in [1.82, 2.24) is 9.80 Å². The lowest BCUT2D eigenvalue weighted by atomic mass is 10.1. The van der Waals surface area contributed by atoms with Crippen molar-refractivity contribution >= 4 is 11.8 Å². The van der Waals surface area contributed by atoms with Crippen molar-refractivity contribution in [2.24, 2.45) is 5.73 Å². The average Bonchev–Trinajstić information content (AvgIpc) is 3.16. The van der Waals surface area contributed by atoms with E-state index in [0.717, 1.165) is 6.42 Å². The maximum atomic E-state index is 12.9. The molecule has 26 heavy (non-hydrogen) atoms. The third kappa shape index (κ3) is 4.50. The topological polar surface area (TPSA) is 85.1 Å². The molecule has 2 saturated heterocycles. The van der Waals surface area contributed by atoms with Crippen LogP contribution in [0.25, 0.3) is 0 Å². The number of nitrogens with zero attached hydrogens (tertiary/aromatic N) is 2. The van der Waals surface area contributed by atoms with Gasteiger partial charge in [-0.2, -0.15) is 0 Å². The number of piperazine rings is 1. The van der Waals surface area contributed by atoms with Crippen molar-refractivity contribution < 1.29 is 23.5 Å². The summed E-state index contributed by atoms with van der Waals surface area (Å²) in [6, 6.07) is 5.53. The Morgan fingerprint density at radius 1 is 1.12 bits per heavy atom. The highest BCUT2D eigenvalue weighted by Gasteiger charge is 2.34. The predicted octanol–water partition coefficient (Wildman–Crippen LogP) is 0.382. The summed E-state index contributed by atoms with van der Waals surface area (Å²) in [6.45, 7) is 2.21. The van der Waals surface area contributed by atoms with Gasteiger partial charge in [0.1, 0.15) is 17.7 Å². The highest BCUT2D eigenvalue weighted by atomic mass is 19.1. The first-order valence-electron chi connectivity index (χ1n) is 8.87. The summed E-state index contributed by atoms with van der Waals surface area (Å²) in [5.41, 5.74) is 5.58. The van der Waals surface area contributed by atoms with Gasteiger partial charge >= 0.3 is 0 Å². The summed E-state index contributed by atoms with van der Waals surface area (Å²) >= 11 is 0. The van der Waals surface area contributed by atoms with Crippen LogP contribution in [0.5, 0.6) is 5.75 Å². The summed E-state index contributed by atoms with van der Waals surface area (Å²) in [7, 11) is 0. The molecule has 2 N–H and O–H groups in total. The zero-order valence-electron chi connectivity index (χ0n) is 14.6. The lowest BCUT2D eigenvalue weighted by Crippen LogP contribution is -2.53. The summed E-state index contributed by atoms with van der Waals surface area (Å²) < 4.78 is 23.9. The van der Waals surface area contributed by atoms with Crippen LogP contribution in [0.1, 0.15) is 12.8 Å². The molecule has 2 fully saturated rings. The molecule has 0 saturated carbocycles. The fraction of sp³-hybridized carbons (Fsp3) is 0.556. The molecular weight excluding hydrogens is 341 g/mol. The second kappa shape index (κ2) is 8.46. The quantitative estimate of drug-likeness (QED) is 0.816. The number of hydrogen-bond donors (Lipinski definition) is 1. The number of carbonyl (C=O) groups excluding carboxylic acids is 2. The van der Waals surface area contributed by atoms with Gasteiger partial charge in [0.15, 0.2) is 6.61 Å². The Bertz CT molecular complexity index is 632. The normalized spacial score (nSPS) is 23.2. The molecular formula is C18H24FN3O4. The highest BCUT2D eigenvalue weighted by Crippen LogP contribution is 2.21. The molecule has 3 rings (SSSR count). The molecule has 0 aromatic heterocycles. The molecule has 1 aromatic carbocycles. The summed E-state index contributed by atoms with van der Waals surface area (Å²) in [6.07, 6.45) is 1.07. The average molecular weight is 365 g/mol. The number of carbonyl (C=O) groups is 2. The second-order valence-electron chi connectivity index (χ2n) is 6.51. The first-order chi connectivity index (χ1) is 12.6. The fourth-order valence-electron chi connectivity index (χ4n) is 3.21. The molecule has 7 nitrogen and oxygen atoms in total. The Balaban J connectivity index is 1.42. The molecule has 1 aromatic rings. The van der Waals surface area contributed by atoms with Crippen LogP contribution in [-0.4, -0.2) is 73.2 Å². The van der Waals surface area contributed by atoms with Gasteiger partial charge in [0, 0.05) is 32.7 Å². The third-order valence-electron chi connectivity index (χ3n) is 4.77. The summed E-state index contributed by atoms with van der Waals surface area (Å²) in [5, 5.41) is 0. The van der Waals surface area contributed by atoms with E-state index in [-0.39, 0.29) is 30.3 Å². The highest BCUT2D eigenvalue weighted by molar-refractivity contribution is 5.82. The van der Waals surface area contributed by atoms with Crippen molar-refractivity contribution in [2.75, 3.05) is 39.3 Å². The Morgan fingerprint density at radius 2 is 1.77 bits per heavy atom. The molecule has 2 atom stereocenters. The van der Waals surface area contributed by atoms with Gasteiger partial charge < -0.3 is 25.0 Å². The van der Waals surface area contributed by atoms with Crippen molar-refractivity contribution in [2.45, 2.75) is 25.0 Å². The third-order valence-corrected chi connectivity index (χ3v) is 4.77. The van der Waals surface area contributed by atoms with Crippen molar-refractivity contribution in [3.05, 3.63) is 30.1 Å².